The molecular formula is C47H32N2. The lowest BCUT2D eigenvalue weighted by molar-refractivity contribution is 1.18. The van der Waals surface area contributed by atoms with E-state index < -0.39 is 0 Å². The number of benzene rings is 7. The van der Waals surface area contributed by atoms with Gasteiger partial charge in [-0.2, -0.15) is 0 Å². The minimum absolute atomic E-state index is 0.958. The van der Waals surface area contributed by atoms with Gasteiger partial charge >= 0.3 is 0 Å². The van der Waals surface area contributed by atoms with E-state index in [0.717, 1.165) is 39.3 Å². The van der Waals surface area contributed by atoms with Crippen molar-refractivity contribution in [2.75, 3.05) is 0 Å². The highest BCUT2D eigenvalue weighted by molar-refractivity contribution is 6.09. The number of pyridine rings is 1. The molecule has 2 nitrogen and oxygen atoms in total. The van der Waals surface area contributed by atoms with Crippen LogP contribution in [0, 0.1) is 0 Å². The normalized spacial score (nSPS) is 11.3. The van der Waals surface area contributed by atoms with Crippen LogP contribution in [0.25, 0.3) is 83.4 Å². The van der Waals surface area contributed by atoms with Gasteiger partial charge in [0.15, 0.2) is 0 Å². The fourth-order valence-electron chi connectivity index (χ4n) is 6.97. The zero-order valence-corrected chi connectivity index (χ0v) is 26.9. The standard InChI is InChI=1S/C47H32N2/c1-4-14-33(15-5-1)37-28-38(34-24-26-41(27-25-34)49-46-22-12-10-20-42(46)43-21-11-13-23-47(43)49)30-39(29-37)40-31-44(35-16-6-2-7-17-35)48-45(32-40)36-18-8-3-9-19-36/h1-32H. The topological polar surface area (TPSA) is 17.8 Å². The second-order valence-electron chi connectivity index (χ2n) is 12.4. The Morgan fingerprint density at radius 1 is 0.286 bits per heavy atom. The van der Waals surface area contributed by atoms with Gasteiger partial charge < -0.3 is 4.57 Å². The van der Waals surface area contributed by atoms with Gasteiger partial charge in [-0.05, 0) is 88.0 Å². The molecule has 2 heteroatoms. The summed E-state index contributed by atoms with van der Waals surface area (Å²) in [4.78, 5) is 5.14. The molecule has 0 atom stereocenters. The molecule has 0 radical (unpaired) electrons. The van der Waals surface area contributed by atoms with Crippen molar-refractivity contribution in [3.8, 4) is 61.6 Å². The van der Waals surface area contributed by atoms with Crippen LogP contribution in [-0.2, 0) is 0 Å². The van der Waals surface area contributed by atoms with Crippen LogP contribution >= 0.6 is 0 Å². The summed E-state index contributed by atoms with van der Waals surface area (Å²) in [6, 6.07) is 69.3. The molecule has 0 unspecified atom stereocenters. The molecule has 9 rings (SSSR count). The van der Waals surface area contributed by atoms with Crippen LogP contribution in [0.2, 0.25) is 0 Å². The fourth-order valence-corrected chi connectivity index (χ4v) is 6.97. The van der Waals surface area contributed by atoms with Gasteiger partial charge in [0, 0.05) is 27.6 Å². The first-order chi connectivity index (χ1) is 24.3. The van der Waals surface area contributed by atoms with Crippen LogP contribution in [0.15, 0.2) is 194 Å². The van der Waals surface area contributed by atoms with E-state index in [0.29, 0.717) is 0 Å². The van der Waals surface area contributed by atoms with Crippen LogP contribution in [0.1, 0.15) is 0 Å². The van der Waals surface area contributed by atoms with Crippen molar-refractivity contribution in [3.63, 3.8) is 0 Å². The molecule has 0 fully saturated rings. The monoisotopic (exact) mass is 624 g/mol. The molecule has 7 aromatic carbocycles. The summed E-state index contributed by atoms with van der Waals surface area (Å²) < 4.78 is 2.37. The second kappa shape index (κ2) is 12.3. The smallest absolute Gasteiger partial charge is 0.0715 e. The van der Waals surface area contributed by atoms with Crippen molar-refractivity contribution in [1.82, 2.24) is 9.55 Å². The zero-order chi connectivity index (χ0) is 32.6. The van der Waals surface area contributed by atoms with Gasteiger partial charge in [-0.25, -0.2) is 4.98 Å². The number of aromatic nitrogens is 2. The van der Waals surface area contributed by atoms with Crippen LogP contribution in [0.3, 0.4) is 0 Å². The van der Waals surface area contributed by atoms with E-state index in [9.17, 15) is 0 Å². The van der Waals surface area contributed by atoms with Gasteiger partial charge in [0.1, 0.15) is 0 Å². The summed E-state index contributed by atoms with van der Waals surface area (Å²) >= 11 is 0. The first-order valence-electron chi connectivity index (χ1n) is 16.7. The fraction of sp³-hybridized carbons (Fsp3) is 0. The molecule has 0 amide bonds. The van der Waals surface area contributed by atoms with Gasteiger partial charge in [-0.15, -0.1) is 0 Å². The predicted molar refractivity (Wildman–Crippen MR) is 206 cm³/mol. The molecule has 0 aliphatic carbocycles. The molecule has 2 heterocycles. The molecule has 9 aromatic rings. The highest BCUT2D eigenvalue weighted by Crippen LogP contribution is 2.37. The first-order valence-corrected chi connectivity index (χ1v) is 16.7. The average molecular weight is 625 g/mol. The molecule has 0 spiro atoms. The average Bonchev–Trinajstić information content (AvgIpc) is 3.53. The summed E-state index contributed by atoms with van der Waals surface area (Å²) in [6.45, 7) is 0. The number of nitrogens with zero attached hydrogens (tertiary/aromatic N) is 2. The Hall–Kier alpha value is -6.51. The third kappa shape index (κ3) is 5.40. The van der Waals surface area contributed by atoms with Crippen molar-refractivity contribution in [2.45, 2.75) is 0 Å². The lowest BCUT2D eigenvalue weighted by atomic mass is 9.92. The van der Waals surface area contributed by atoms with Crippen molar-refractivity contribution < 1.29 is 0 Å². The third-order valence-electron chi connectivity index (χ3n) is 9.38. The van der Waals surface area contributed by atoms with Crippen molar-refractivity contribution >= 4 is 21.8 Å². The molecule has 0 aliphatic heterocycles. The van der Waals surface area contributed by atoms with Crippen LogP contribution in [0.5, 0.6) is 0 Å². The molecule has 230 valence electrons. The maximum absolute atomic E-state index is 5.14. The minimum Gasteiger partial charge on any atom is -0.309 e. The van der Waals surface area contributed by atoms with E-state index in [1.807, 2.05) is 12.1 Å². The van der Waals surface area contributed by atoms with Gasteiger partial charge in [0.2, 0.25) is 0 Å². The number of hydrogen-bond donors (Lipinski definition) is 0. The third-order valence-corrected chi connectivity index (χ3v) is 9.38. The van der Waals surface area contributed by atoms with E-state index in [1.165, 1.54) is 44.1 Å². The van der Waals surface area contributed by atoms with E-state index in [-0.39, 0.29) is 0 Å². The van der Waals surface area contributed by atoms with Crippen molar-refractivity contribution in [3.05, 3.63) is 194 Å². The Kier molecular flexibility index (Phi) is 7.18. The highest BCUT2D eigenvalue weighted by Gasteiger charge is 2.14. The molecule has 0 saturated carbocycles. The molecular weight excluding hydrogens is 593 g/mol. The van der Waals surface area contributed by atoms with E-state index in [1.54, 1.807) is 0 Å². The molecule has 0 aliphatic rings. The molecule has 0 saturated heterocycles. The lowest BCUT2D eigenvalue weighted by Gasteiger charge is -2.14. The predicted octanol–water partition coefficient (Wildman–Crippen LogP) is 12.5. The SMILES string of the molecule is c1ccc(-c2cc(-c3ccc(-n4c5ccccc5c5ccccc54)cc3)cc(-c3cc(-c4ccccc4)nc(-c4ccccc4)c3)c2)cc1. The Morgan fingerprint density at radius 3 is 1.14 bits per heavy atom. The van der Waals surface area contributed by atoms with Gasteiger partial charge in [-0.1, -0.05) is 140 Å². The number of para-hydroxylation sites is 2. The van der Waals surface area contributed by atoms with Gasteiger partial charge in [0.05, 0.1) is 22.4 Å². The Bertz CT molecular complexity index is 2450. The lowest BCUT2D eigenvalue weighted by Crippen LogP contribution is -1.94. The zero-order valence-electron chi connectivity index (χ0n) is 26.9. The van der Waals surface area contributed by atoms with Gasteiger partial charge in [0.25, 0.3) is 0 Å². The van der Waals surface area contributed by atoms with E-state index >= 15 is 0 Å². The maximum Gasteiger partial charge on any atom is 0.0715 e. The molecule has 49 heavy (non-hydrogen) atoms. The summed E-state index contributed by atoms with van der Waals surface area (Å²) in [7, 11) is 0. The first kappa shape index (κ1) is 28.7. The Labute approximate surface area is 286 Å². The Morgan fingerprint density at radius 2 is 0.653 bits per heavy atom. The largest absolute Gasteiger partial charge is 0.309 e. The van der Waals surface area contributed by atoms with Gasteiger partial charge in [-0.3, -0.25) is 0 Å². The van der Waals surface area contributed by atoms with Crippen LogP contribution in [0.4, 0.5) is 0 Å². The minimum atomic E-state index is 0.958. The number of rotatable bonds is 6. The maximum atomic E-state index is 5.14. The highest BCUT2D eigenvalue weighted by atomic mass is 15.0. The quantitative estimate of drug-likeness (QED) is 0.180. The van der Waals surface area contributed by atoms with Crippen LogP contribution in [-0.4, -0.2) is 9.55 Å². The van der Waals surface area contributed by atoms with Crippen LogP contribution < -0.4 is 0 Å². The number of hydrogen-bond acceptors (Lipinski definition) is 1. The Balaban J connectivity index is 1.20. The van der Waals surface area contributed by atoms with Crippen molar-refractivity contribution in [1.29, 1.82) is 0 Å². The number of fused-ring (bicyclic) bond motifs is 3. The van der Waals surface area contributed by atoms with E-state index in [4.69, 9.17) is 4.98 Å². The molecule has 0 N–H and O–H groups in total. The second-order valence-corrected chi connectivity index (χ2v) is 12.4. The summed E-state index contributed by atoms with van der Waals surface area (Å²) in [5.74, 6) is 0. The van der Waals surface area contributed by atoms with Crippen molar-refractivity contribution in [2.24, 2.45) is 0 Å². The molecule has 2 aromatic heterocycles. The summed E-state index contributed by atoms with van der Waals surface area (Å²) in [5, 5.41) is 2.54. The molecule has 0 bridgehead atoms. The summed E-state index contributed by atoms with van der Waals surface area (Å²) in [5.41, 5.74) is 14.7. The summed E-state index contributed by atoms with van der Waals surface area (Å²) in [6.07, 6.45) is 0. The van der Waals surface area contributed by atoms with E-state index in [2.05, 4.69) is 187 Å².